The molecular formula is C29H37N3O4. The molecule has 192 valence electrons. The number of alkyl carbamates (subject to hydrolysis) is 1. The fourth-order valence-corrected chi connectivity index (χ4v) is 3.94. The van der Waals surface area contributed by atoms with Gasteiger partial charge < -0.3 is 24.2 Å². The zero-order valence-corrected chi connectivity index (χ0v) is 21.5. The summed E-state index contributed by atoms with van der Waals surface area (Å²) in [6.45, 7) is 6.27. The molecule has 1 N–H and O–H groups in total. The first-order valence-electron chi connectivity index (χ1n) is 12.5. The molecule has 0 spiro atoms. The zero-order valence-electron chi connectivity index (χ0n) is 21.5. The van der Waals surface area contributed by atoms with Gasteiger partial charge in [-0.05, 0) is 44.7 Å². The molecule has 0 unspecified atom stereocenters. The normalized spacial score (nSPS) is 12.2. The third-order valence-electron chi connectivity index (χ3n) is 5.61. The van der Waals surface area contributed by atoms with Crippen molar-refractivity contribution in [2.75, 3.05) is 0 Å². The average Bonchev–Trinajstić information content (AvgIpc) is 3.27. The molecule has 7 heteroatoms. The van der Waals surface area contributed by atoms with Gasteiger partial charge in [-0.2, -0.15) is 0 Å². The second-order valence-electron chi connectivity index (χ2n) is 9.76. The lowest BCUT2D eigenvalue weighted by Gasteiger charge is -2.24. The SMILES string of the molecule is CC(C)(C)OC(=O)N[C@@H](CCCCCC=O)c1ncc(-c2ccccc2)n1COCc1ccccc1. The number of hydrogen-bond donors (Lipinski definition) is 1. The van der Waals surface area contributed by atoms with Gasteiger partial charge in [0.2, 0.25) is 0 Å². The number of nitrogens with one attached hydrogen (secondary N) is 1. The van der Waals surface area contributed by atoms with E-state index in [0.717, 1.165) is 42.4 Å². The smallest absolute Gasteiger partial charge is 0.408 e. The van der Waals surface area contributed by atoms with Gasteiger partial charge in [0.1, 0.15) is 24.4 Å². The maximum Gasteiger partial charge on any atom is 0.408 e. The number of aromatic nitrogens is 2. The summed E-state index contributed by atoms with van der Waals surface area (Å²) in [5.74, 6) is 0.711. The van der Waals surface area contributed by atoms with E-state index in [4.69, 9.17) is 14.5 Å². The lowest BCUT2D eigenvalue weighted by atomic mass is 10.1. The number of amides is 1. The second kappa shape index (κ2) is 13.6. The van der Waals surface area contributed by atoms with E-state index in [-0.39, 0.29) is 12.8 Å². The first kappa shape index (κ1) is 27.1. The van der Waals surface area contributed by atoms with Crippen molar-refractivity contribution < 1.29 is 19.1 Å². The molecule has 36 heavy (non-hydrogen) atoms. The van der Waals surface area contributed by atoms with Gasteiger partial charge in [0.15, 0.2) is 0 Å². The first-order chi connectivity index (χ1) is 17.4. The van der Waals surface area contributed by atoms with Crippen LogP contribution in [-0.2, 0) is 27.6 Å². The maximum atomic E-state index is 12.7. The van der Waals surface area contributed by atoms with Crippen molar-refractivity contribution in [1.82, 2.24) is 14.9 Å². The summed E-state index contributed by atoms with van der Waals surface area (Å²) >= 11 is 0. The fraction of sp³-hybridized carbons (Fsp3) is 0.414. The van der Waals surface area contributed by atoms with E-state index in [9.17, 15) is 9.59 Å². The van der Waals surface area contributed by atoms with E-state index in [1.807, 2.05) is 92.2 Å². The fourth-order valence-electron chi connectivity index (χ4n) is 3.94. The van der Waals surface area contributed by atoms with Gasteiger partial charge in [0.25, 0.3) is 0 Å². The number of nitrogens with zero attached hydrogens (tertiary/aromatic N) is 2. The van der Waals surface area contributed by atoms with E-state index in [0.29, 0.717) is 25.3 Å². The van der Waals surface area contributed by atoms with Gasteiger partial charge in [0.05, 0.1) is 24.5 Å². The second-order valence-corrected chi connectivity index (χ2v) is 9.76. The lowest BCUT2D eigenvalue weighted by Crippen LogP contribution is -2.36. The quantitative estimate of drug-likeness (QED) is 0.220. The summed E-state index contributed by atoms with van der Waals surface area (Å²) in [5, 5.41) is 3.02. The predicted molar refractivity (Wildman–Crippen MR) is 140 cm³/mol. The van der Waals surface area contributed by atoms with Crippen LogP contribution in [0.4, 0.5) is 4.79 Å². The van der Waals surface area contributed by atoms with Gasteiger partial charge >= 0.3 is 6.09 Å². The molecule has 0 aliphatic rings. The van der Waals surface area contributed by atoms with Crippen molar-refractivity contribution in [3.63, 3.8) is 0 Å². The summed E-state index contributed by atoms with van der Waals surface area (Å²) < 4.78 is 13.7. The van der Waals surface area contributed by atoms with Gasteiger partial charge in [-0.25, -0.2) is 9.78 Å². The average molecular weight is 492 g/mol. The monoisotopic (exact) mass is 491 g/mol. The molecular weight excluding hydrogens is 454 g/mol. The molecule has 1 amide bonds. The number of benzene rings is 2. The standard InChI is InChI=1S/C29H37N3O4/c1-29(2,3)36-28(34)31-25(18-12-4-5-13-19-33)27-30-20-26(24-16-10-7-11-17-24)32(27)22-35-21-23-14-8-6-9-15-23/h6-11,14-17,19-20,25H,4-5,12-13,18,21-22H2,1-3H3,(H,31,34)/t25-/m0/s1. The Morgan fingerprint density at radius 1 is 1.03 bits per heavy atom. The molecule has 0 saturated carbocycles. The molecule has 0 bridgehead atoms. The number of aldehydes is 1. The molecule has 0 aliphatic heterocycles. The topological polar surface area (TPSA) is 82.5 Å². The highest BCUT2D eigenvalue weighted by Gasteiger charge is 2.25. The molecule has 0 aliphatic carbocycles. The van der Waals surface area contributed by atoms with E-state index in [1.54, 1.807) is 0 Å². The van der Waals surface area contributed by atoms with Crippen molar-refractivity contribution in [2.45, 2.75) is 77.9 Å². The number of carbonyl (C=O) groups excluding carboxylic acids is 2. The van der Waals surface area contributed by atoms with Crippen LogP contribution in [-0.4, -0.2) is 27.5 Å². The molecule has 1 atom stereocenters. The van der Waals surface area contributed by atoms with Crippen LogP contribution in [0.15, 0.2) is 66.9 Å². The number of ether oxygens (including phenoxy) is 2. The number of carbonyl (C=O) groups is 2. The summed E-state index contributed by atoms with van der Waals surface area (Å²) in [5.41, 5.74) is 2.40. The minimum atomic E-state index is -0.609. The predicted octanol–water partition coefficient (Wildman–Crippen LogP) is 6.44. The van der Waals surface area contributed by atoms with E-state index >= 15 is 0 Å². The minimum absolute atomic E-state index is 0.284. The van der Waals surface area contributed by atoms with Gasteiger partial charge in [0, 0.05) is 6.42 Å². The summed E-state index contributed by atoms with van der Waals surface area (Å²) in [4.78, 5) is 28.1. The molecule has 3 aromatic rings. The summed E-state index contributed by atoms with van der Waals surface area (Å²) in [6, 6.07) is 19.7. The Hall–Kier alpha value is -3.45. The van der Waals surface area contributed by atoms with Crippen LogP contribution in [0.1, 0.15) is 70.3 Å². The Bertz CT molecular complexity index is 1070. The molecule has 7 nitrogen and oxygen atoms in total. The van der Waals surface area contributed by atoms with Crippen molar-refractivity contribution >= 4 is 12.4 Å². The van der Waals surface area contributed by atoms with Crippen LogP contribution in [0.2, 0.25) is 0 Å². The Morgan fingerprint density at radius 3 is 2.39 bits per heavy atom. The number of imidazole rings is 1. The number of unbranched alkanes of at least 4 members (excludes halogenated alkanes) is 3. The van der Waals surface area contributed by atoms with E-state index in [2.05, 4.69) is 5.32 Å². The van der Waals surface area contributed by atoms with Crippen molar-refractivity contribution in [3.8, 4) is 11.3 Å². The first-order valence-corrected chi connectivity index (χ1v) is 12.5. The van der Waals surface area contributed by atoms with Crippen LogP contribution in [0.3, 0.4) is 0 Å². The highest BCUT2D eigenvalue weighted by atomic mass is 16.6. The molecule has 1 heterocycles. The molecule has 3 rings (SSSR count). The molecule has 2 aromatic carbocycles. The van der Waals surface area contributed by atoms with Crippen LogP contribution in [0.5, 0.6) is 0 Å². The van der Waals surface area contributed by atoms with Gasteiger partial charge in [-0.15, -0.1) is 0 Å². The van der Waals surface area contributed by atoms with Crippen molar-refractivity contribution in [2.24, 2.45) is 0 Å². The lowest BCUT2D eigenvalue weighted by molar-refractivity contribution is -0.107. The van der Waals surface area contributed by atoms with Crippen LogP contribution < -0.4 is 5.32 Å². The van der Waals surface area contributed by atoms with E-state index < -0.39 is 11.7 Å². The molecule has 0 saturated heterocycles. The maximum absolute atomic E-state index is 12.7. The Labute approximate surface area is 213 Å². The van der Waals surface area contributed by atoms with Gasteiger partial charge in [-0.3, -0.25) is 0 Å². The zero-order chi connectivity index (χ0) is 25.8. The summed E-state index contributed by atoms with van der Waals surface area (Å²) in [6.07, 6.45) is 6.06. The third-order valence-corrected chi connectivity index (χ3v) is 5.61. The van der Waals surface area contributed by atoms with Crippen LogP contribution >= 0.6 is 0 Å². The van der Waals surface area contributed by atoms with Crippen molar-refractivity contribution in [1.29, 1.82) is 0 Å². The van der Waals surface area contributed by atoms with Gasteiger partial charge in [-0.1, -0.05) is 73.5 Å². The molecule has 0 radical (unpaired) electrons. The number of rotatable bonds is 13. The highest BCUT2D eigenvalue weighted by Crippen LogP contribution is 2.27. The molecule has 1 aromatic heterocycles. The summed E-state index contributed by atoms with van der Waals surface area (Å²) in [7, 11) is 0. The van der Waals surface area contributed by atoms with Crippen LogP contribution in [0.25, 0.3) is 11.3 Å². The third kappa shape index (κ3) is 8.64. The largest absolute Gasteiger partial charge is 0.444 e. The Morgan fingerprint density at radius 2 is 1.72 bits per heavy atom. The highest BCUT2D eigenvalue weighted by molar-refractivity contribution is 5.68. The van der Waals surface area contributed by atoms with Crippen LogP contribution in [0, 0.1) is 0 Å². The van der Waals surface area contributed by atoms with E-state index in [1.165, 1.54) is 0 Å². The molecule has 0 fully saturated rings. The van der Waals surface area contributed by atoms with Crippen molar-refractivity contribution in [3.05, 3.63) is 78.2 Å². The number of hydrogen-bond acceptors (Lipinski definition) is 5. The minimum Gasteiger partial charge on any atom is -0.444 e. The Kier molecular flexibility index (Phi) is 10.2. The Balaban J connectivity index is 1.86.